The van der Waals surface area contributed by atoms with Crippen LogP contribution in [0.4, 0.5) is 0 Å². The quantitative estimate of drug-likeness (QED) is 0.873. The van der Waals surface area contributed by atoms with Crippen molar-refractivity contribution in [3.63, 3.8) is 0 Å². The molecule has 1 amide bonds. The van der Waals surface area contributed by atoms with Crippen LogP contribution in [-0.2, 0) is 14.9 Å². The van der Waals surface area contributed by atoms with Gasteiger partial charge in [0.2, 0.25) is 5.91 Å². The van der Waals surface area contributed by atoms with Crippen molar-refractivity contribution in [2.45, 2.75) is 56.9 Å². The largest absolute Gasteiger partial charge is 0.378 e. The van der Waals surface area contributed by atoms with Gasteiger partial charge in [0.25, 0.3) is 0 Å². The maximum absolute atomic E-state index is 12.4. The summed E-state index contributed by atoms with van der Waals surface area (Å²) in [5, 5.41) is 6.57. The molecule has 4 heteroatoms. The lowest BCUT2D eigenvalue weighted by Crippen LogP contribution is -2.47. The molecular weight excluding hydrogens is 300 g/mol. The highest BCUT2D eigenvalue weighted by atomic mass is 16.5. The molecule has 1 saturated carbocycles. The van der Waals surface area contributed by atoms with E-state index in [-0.39, 0.29) is 17.4 Å². The molecule has 24 heavy (non-hydrogen) atoms. The first kappa shape index (κ1) is 17.4. The molecule has 132 valence electrons. The summed E-state index contributed by atoms with van der Waals surface area (Å²) in [5.74, 6) is 0.135. The second-order valence-corrected chi connectivity index (χ2v) is 7.42. The van der Waals surface area contributed by atoms with Gasteiger partial charge in [-0.05, 0) is 25.3 Å². The van der Waals surface area contributed by atoms with Crippen LogP contribution in [0.25, 0.3) is 0 Å². The number of ether oxygens (including phenoxy) is 1. The SMILES string of the molecule is Cc1cccc(C2(CNC(=O)CC3COCCN3)CCCCC2)c1. The van der Waals surface area contributed by atoms with Crippen LogP contribution in [0.1, 0.15) is 49.7 Å². The van der Waals surface area contributed by atoms with Crippen LogP contribution in [0.2, 0.25) is 0 Å². The molecule has 1 heterocycles. The number of benzene rings is 1. The Bertz CT molecular complexity index is 546. The number of amides is 1. The summed E-state index contributed by atoms with van der Waals surface area (Å²) < 4.78 is 5.44. The van der Waals surface area contributed by atoms with Crippen LogP contribution in [-0.4, -0.2) is 38.3 Å². The zero-order valence-corrected chi connectivity index (χ0v) is 14.8. The molecule has 1 atom stereocenters. The number of hydrogen-bond donors (Lipinski definition) is 2. The van der Waals surface area contributed by atoms with E-state index < -0.39 is 0 Å². The molecule has 2 N–H and O–H groups in total. The van der Waals surface area contributed by atoms with E-state index in [9.17, 15) is 4.79 Å². The molecule has 1 unspecified atom stereocenters. The van der Waals surface area contributed by atoms with Gasteiger partial charge in [-0.3, -0.25) is 4.79 Å². The lowest BCUT2D eigenvalue weighted by Gasteiger charge is -2.38. The van der Waals surface area contributed by atoms with Gasteiger partial charge in [-0.2, -0.15) is 0 Å². The van der Waals surface area contributed by atoms with Crippen molar-refractivity contribution in [1.82, 2.24) is 10.6 Å². The van der Waals surface area contributed by atoms with E-state index in [0.717, 1.165) is 19.7 Å². The summed E-state index contributed by atoms with van der Waals surface area (Å²) in [4.78, 5) is 12.4. The third-order valence-corrected chi connectivity index (χ3v) is 5.50. The summed E-state index contributed by atoms with van der Waals surface area (Å²) in [5.41, 5.74) is 2.80. The van der Waals surface area contributed by atoms with Crippen molar-refractivity contribution in [2.24, 2.45) is 0 Å². The van der Waals surface area contributed by atoms with Gasteiger partial charge in [0.05, 0.1) is 13.2 Å². The van der Waals surface area contributed by atoms with Crippen molar-refractivity contribution in [2.75, 3.05) is 26.3 Å². The van der Waals surface area contributed by atoms with E-state index in [1.165, 1.54) is 43.2 Å². The van der Waals surface area contributed by atoms with Gasteiger partial charge in [-0.15, -0.1) is 0 Å². The van der Waals surface area contributed by atoms with Crippen molar-refractivity contribution >= 4 is 5.91 Å². The van der Waals surface area contributed by atoms with Gasteiger partial charge in [0.15, 0.2) is 0 Å². The van der Waals surface area contributed by atoms with Gasteiger partial charge in [0.1, 0.15) is 0 Å². The van der Waals surface area contributed by atoms with Gasteiger partial charge < -0.3 is 15.4 Å². The number of aryl methyl sites for hydroxylation is 1. The van der Waals surface area contributed by atoms with E-state index in [1.54, 1.807) is 0 Å². The summed E-state index contributed by atoms with van der Waals surface area (Å²) in [7, 11) is 0. The highest BCUT2D eigenvalue weighted by molar-refractivity contribution is 5.76. The Balaban J connectivity index is 1.63. The van der Waals surface area contributed by atoms with E-state index in [1.807, 2.05) is 0 Å². The van der Waals surface area contributed by atoms with E-state index in [4.69, 9.17) is 4.74 Å². The zero-order chi connectivity index (χ0) is 16.8. The molecule has 1 saturated heterocycles. The van der Waals surface area contributed by atoms with Crippen LogP contribution in [0.5, 0.6) is 0 Å². The van der Waals surface area contributed by atoms with Gasteiger partial charge in [-0.25, -0.2) is 0 Å². The Hall–Kier alpha value is -1.39. The minimum absolute atomic E-state index is 0.108. The van der Waals surface area contributed by atoms with E-state index in [2.05, 4.69) is 41.8 Å². The van der Waals surface area contributed by atoms with Crippen LogP contribution in [0.15, 0.2) is 24.3 Å². The first-order valence-corrected chi connectivity index (χ1v) is 9.33. The molecule has 1 aromatic carbocycles. The average molecular weight is 330 g/mol. The summed E-state index contributed by atoms with van der Waals surface area (Å²) in [6.45, 7) is 5.12. The maximum Gasteiger partial charge on any atom is 0.221 e. The molecular formula is C20H30N2O2. The summed E-state index contributed by atoms with van der Waals surface area (Å²) >= 11 is 0. The number of hydrogen-bond acceptors (Lipinski definition) is 3. The number of morpholine rings is 1. The van der Waals surface area contributed by atoms with Crippen molar-refractivity contribution in [3.8, 4) is 0 Å². The third-order valence-electron chi connectivity index (χ3n) is 5.50. The van der Waals surface area contributed by atoms with Gasteiger partial charge in [-0.1, -0.05) is 49.1 Å². The maximum atomic E-state index is 12.4. The highest BCUT2D eigenvalue weighted by Gasteiger charge is 2.34. The lowest BCUT2D eigenvalue weighted by molar-refractivity contribution is -0.122. The Labute approximate surface area is 145 Å². The standard InChI is InChI=1S/C20H30N2O2/c1-16-6-5-7-17(12-16)20(8-3-2-4-9-20)15-22-19(23)13-18-14-24-11-10-21-18/h5-7,12,18,21H,2-4,8-11,13-15H2,1H3,(H,22,23). The molecule has 4 nitrogen and oxygen atoms in total. The minimum atomic E-state index is 0.108. The fraction of sp³-hybridized carbons (Fsp3) is 0.650. The van der Waals surface area contributed by atoms with Crippen molar-refractivity contribution in [3.05, 3.63) is 35.4 Å². The molecule has 0 bridgehead atoms. The molecule has 2 aliphatic rings. The molecule has 2 fully saturated rings. The Morgan fingerprint density at radius 3 is 2.88 bits per heavy atom. The van der Waals surface area contributed by atoms with Crippen LogP contribution in [0, 0.1) is 6.92 Å². The van der Waals surface area contributed by atoms with E-state index >= 15 is 0 Å². The van der Waals surface area contributed by atoms with Crippen LogP contribution < -0.4 is 10.6 Å². The minimum Gasteiger partial charge on any atom is -0.378 e. The number of carbonyl (C=O) groups excluding carboxylic acids is 1. The second-order valence-electron chi connectivity index (χ2n) is 7.42. The van der Waals surface area contributed by atoms with Crippen molar-refractivity contribution in [1.29, 1.82) is 0 Å². The number of rotatable bonds is 5. The predicted octanol–water partition coefficient (Wildman–Crippen LogP) is 2.69. The Kier molecular flexibility index (Phi) is 5.90. The normalized spacial score (nSPS) is 23.6. The summed E-state index contributed by atoms with van der Waals surface area (Å²) in [6.07, 6.45) is 6.65. The molecule has 0 spiro atoms. The van der Waals surface area contributed by atoms with E-state index in [0.29, 0.717) is 13.0 Å². The first-order chi connectivity index (χ1) is 11.7. The highest BCUT2D eigenvalue weighted by Crippen LogP contribution is 2.39. The van der Waals surface area contributed by atoms with Gasteiger partial charge in [0, 0.05) is 31.0 Å². The zero-order valence-electron chi connectivity index (χ0n) is 14.8. The van der Waals surface area contributed by atoms with Gasteiger partial charge >= 0.3 is 0 Å². The third kappa shape index (κ3) is 4.37. The number of carbonyl (C=O) groups is 1. The topological polar surface area (TPSA) is 50.4 Å². The molecule has 0 aromatic heterocycles. The molecule has 3 rings (SSSR count). The molecule has 1 aliphatic carbocycles. The average Bonchev–Trinajstić information content (AvgIpc) is 2.62. The molecule has 0 radical (unpaired) electrons. The molecule has 1 aliphatic heterocycles. The Morgan fingerprint density at radius 1 is 1.33 bits per heavy atom. The second kappa shape index (κ2) is 8.13. The number of nitrogens with one attached hydrogen (secondary N) is 2. The smallest absolute Gasteiger partial charge is 0.221 e. The fourth-order valence-electron chi connectivity index (χ4n) is 4.09. The first-order valence-electron chi connectivity index (χ1n) is 9.33. The lowest BCUT2D eigenvalue weighted by atomic mass is 9.69. The van der Waals surface area contributed by atoms with Crippen LogP contribution in [0.3, 0.4) is 0 Å². The predicted molar refractivity (Wildman–Crippen MR) is 96.2 cm³/mol. The van der Waals surface area contributed by atoms with Crippen molar-refractivity contribution < 1.29 is 9.53 Å². The summed E-state index contributed by atoms with van der Waals surface area (Å²) in [6, 6.07) is 8.98. The molecule has 1 aromatic rings. The fourth-order valence-corrected chi connectivity index (χ4v) is 4.09. The monoisotopic (exact) mass is 330 g/mol. The Morgan fingerprint density at radius 2 is 2.17 bits per heavy atom. The van der Waals surface area contributed by atoms with Crippen LogP contribution >= 0.6 is 0 Å².